The summed E-state index contributed by atoms with van der Waals surface area (Å²) in [6, 6.07) is 9.94. The lowest BCUT2D eigenvalue weighted by Gasteiger charge is -2.26. The maximum absolute atomic E-state index is 3.37. The molecule has 2 rings (SSSR count). The van der Waals surface area contributed by atoms with E-state index in [-0.39, 0.29) is 0 Å². The van der Waals surface area contributed by atoms with Crippen molar-refractivity contribution in [3.05, 3.63) is 35.4 Å². The van der Waals surface area contributed by atoms with Crippen molar-refractivity contribution in [3.8, 4) is 0 Å². The Balaban J connectivity index is 2.08. The van der Waals surface area contributed by atoms with Crippen LogP contribution in [0.1, 0.15) is 30.5 Å². The van der Waals surface area contributed by atoms with Crippen molar-refractivity contribution in [2.75, 3.05) is 20.1 Å². The largest absolute Gasteiger partial charge is 0.316 e. The van der Waals surface area contributed by atoms with Gasteiger partial charge in [0.15, 0.2) is 0 Å². The first kappa shape index (κ1) is 11.6. The molecule has 0 bridgehead atoms. The fourth-order valence-electron chi connectivity index (χ4n) is 2.63. The predicted octanol–water partition coefficient (Wildman–Crippen LogP) is 2.35. The van der Waals surface area contributed by atoms with Crippen LogP contribution in [0.5, 0.6) is 0 Å². The molecule has 1 heterocycles. The van der Waals surface area contributed by atoms with Gasteiger partial charge < -0.3 is 5.32 Å². The zero-order chi connectivity index (χ0) is 11.5. The van der Waals surface area contributed by atoms with E-state index in [1.165, 1.54) is 30.6 Å². The summed E-state index contributed by atoms with van der Waals surface area (Å²) in [4.78, 5) is 2.57. The molecule has 1 N–H and O–H groups in total. The molecule has 2 unspecified atom stereocenters. The predicted molar refractivity (Wildman–Crippen MR) is 68.6 cm³/mol. The lowest BCUT2D eigenvalue weighted by molar-refractivity contribution is 0.256. The Labute approximate surface area is 98.7 Å². The number of hydrogen-bond acceptors (Lipinski definition) is 2. The summed E-state index contributed by atoms with van der Waals surface area (Å²) in [5, 5.41) is 3.37. The third kappa shape index (κ3) is 2.28. The number of nitrogens with one attached hydrogen (secondary N) is 1. The number of nitrogens with zero attached hydrogens (tertiary/aromatic N) is 1. The van der Waals surface area contributed by atoms with Crippen molar-refractivity contribution in [2.24, 2.45) is 0 Å². The van der Waals surface area contributed by atoms with Crippen LogP contribution < -0.4 is 5.32 Å². The third-order valence-corrected chi connectivity index (χ3v) is 3.81. The molecule has 1 aromatic rings. The minimum absolute atomic E-state index is 0.541. The van der Waals surface area contributed by atoms with Crippen LogP contribution in [0.25, 0.3) is 0 Å². The molecule has 16 heavy (non-hydrogen) atoms. The van der Waals surface area contributed by atoms with Crippen molar-refractivity contribution in [1.29, 1.82) is 0 Å². The van der Waals surface area contributed by atoms with Gasteiger partial charge in [0.05, 0.1) is 0 Å². The molecule has 0 spiro atoms. The van der Waals surface area contributed by atoms with Gasteiger partial charge in [0.1, 0.15) is 0 Å². The highest BCUT2D eigenvalue weighted by atomic mass is 15.2. The van der Waals surface area contributed by atoms with Crippen LogP contribution in [-0.2, 0) is 0 Å². The Morgan fingerprint density at radius 3 is 2.75 bits per heavy atom. The van der Waals surface area contributed by atoms with Crippen molar-refractivity contribution >= 4 is 0 Å². The van der Waals surface area contributed by atoms with Crippen molar-refractivity contribution in [1.82, 2.24) is 10.2 Å². The summed E-state index contributed by atoms with van der Waals surface area (Å²) < 4.78 is 0. The standard InChI is InChI=1S/C14H22N2/c1-11-6-4-5-7-14(11)12(2)16-9-8-13(10-16)15-3/h4-7,12-13,15H,8-10H2,1-3H3. The van der Waals surface area contributed by atoms with E-state index in [0.717, 1.165) is 0 Å². The first-order valence-electron chi connectivity index (χ1n) is 6.19. The summed E-state index contributed by atoms with van der Waals surface area (Å²) in [5.41, 5.74) is 2.88. The minimum atomic E-state index is 0.541. The Bertz CT molecular complexity index is 348. The number of benzene rings is 1. The summed E-state index contributed by atoms with van der Waals surface area (Å²) in [6.45, 7) is 6.91. The van der Waals surface area contributed by atoms with Gasteiger partial charge in [0, 0.05) is 25.2 Å². The molecule has 0 amide bonds. The highest BCUT2D eigenvalue weighted by Gasteiger charge is 2.25. The maximum atomic E-state index is 3.37. The summed E-state index contributed by atoms with van der Waals surface area (Å²) >= 11 is 0. The molecule has 2 atom stereocenters. The molecular formula is C14H22N2. The Morgan fingerprint density at radius 2 is 2.12 bits per heavy atom. The second kappa shape index (κ2) is 4.98. The molecule has 1 aromatic carbocycles. The normalized spacial score (nSPS) is 23.6. The van der Waals surface area contributed by atoms with Crippen LogP contribution >= 0.6 is 0 Å². The summed E-state index contributed by atoms with van der Waals surface area (Å²) in [6.07, 6.45) is 1.27. The molecule has 1 aliphatic rings. The van der Waals surface area contributed by atoms with E-state index >= 15 is 0 Å². The van der Waals surface area contributed by atoms with Gasteiger partial charge in [-0.25, -0.2) is 0 Å². The second-order valence-electron chi connectivity index (χ2n) is 4.80. The lowest BCUT2D eigenvalue weighted by atomic mass is 10.0. The molecule has 2 nitrogen and oxygen atoms in total. The third-order valence-electron chi connectivity index (χ3n) is 3.81. The van der Waals surface area contributed by atoms with Gasteiger partial charge in [0.25, 0.3) is 0 Å². The van der Waals surface area contributed by atoms with Crippen molar-refractivity contribution in [3.63, 3.8) is 0 Å². The molecule has 0 saturated carbocycles. The molecule has 2 heteroatoms. The van der Waals surface area contributed by atoms with Crippen LogP contribution in [0.4, 0.5) is 0 Å². The average molecular weight is 218 g/mol. The van der Waals surface area contributed by atoms with E-state index < -0.39 is 0 Å². The highest BCUT2D eigenvalue weighted by molar-refractivity contribution is 5.28. The fourth-order valence-corrected chi connectivity index (χ4v) is 2.63. The average Bonchev–Trinajstić information content (AvgIpc) is 2.77. The van der Waals surface area contributed by atoms with Crippen LogP contribution in [0, 0.1) is 6.92 Å². The number of likely N-dealkylation sites (N-methyl/N-ethyl adjacent to an activating group) is 1. The van der Waals surface area contributed by atoms with Gasteiger partial charge in [-0.2, -0.15) is 0 Å². The molecular weight excluding hydrogens is 196 g/mol. The van der Waals surface area contributed by atoms with Gasteiger partial charge in [-0.05, 0) is 38.4 Å². The molecule has 1 aliphatic heterocycles. The molecule has 0 aromatic heterocycles. The van der Waals surface area contributed by atoms with Crippen LogP contribution in [0.15, 0.2) is 24.3 Å². The van der Waals surface area contributed by atoms with Crippen molar-refractivity contribution < 1.29 is 0 Å². The van der Waals surface area contributed by atoms with E-state index in [1.807, 2.05) is 0 Å². The van der Waals surface area contributed by atoms with Crippen LogP contribution in [0.2, 0.25) is 0 Å². The molecule has 1 fully saturated rings. The highest BCUT2D eigenvalue weighted by Crippen LogP contribution is 2.26. The van der Waals surface area contributed by atoms with Crippen molar-refractivity contribution in [2.45, 2.75) is 32.4 Å². The van der Waals surface area contributed by atoms with Gasteiger partial charge >= 0.3 is 0 Å². The Morgan fingerprint density at radius 1 is 1.38 bits per heavy atom. The van der Waals surface area contributed by atoms with Gasteiger partial charge in [-0.3, -0.25) is 4.90 Å². The quantitative estimate of drug-likeness (QED) is 0.838. The van der Waals surface area contributed by atoms with Crippen LogP contribution in [0.3, 0.4) is 0 Å². The molecule has 88 valence electrons. The van der Waals surface area contributed by atoms with Gasteiger partial charge in [-0.15, -0.1) is 0 Å². The minimum Gasteiger partial charge on any atom is -0.316 e. The summed E-state index contributed by atoms with van der Waals surface area (Å²) in [5.74, 6) is 0. The van der Waals surface area contributed by atoms with E-state index in [2.05, 4.69) is 55.4 Å². The molecule has 0 radical (unpaired) electrons. The van der Waals surface area contributed by atoms with Gasteiger partial charge in [-0.1, -0.05) is 24.3 Å². The van der Waals surface area contributed by atoms with Gasteiger partial charge in [0.2, 0.25) is 0 Å². The molecule has 1 saturated heterocycles. The molecule has 0 aliphatic carbocycles. The fraction of sp³-hybridized carbons (Fsp3) is 0.571. The number of rotatable bonds is 3. The van der Waals surface area contributed by atoms with Crippen LogP contribution in [-0.4, -0.2) is 31.1 Å². The first-order chi connectivity index (χ1) is 7.72. The maximum Gasteiger partial charge on any atom is 0.0323 e. The lowest BCUT2D eigenvalue weighted by Crippen LogP contribution is -2.31. The number of aryl methyl sites for hydroxylation is 1. The zero-order valence-electron chi connectivity index (χ0n) is 10.5. The van der Waals surface area contributed by atoms with E-state index in [0.29, 0.717) is 12.1 Å². The summed E-state index contributed by atoms with van der Waals surface area (Å²) in [7, 11) is 2.06. The second-order valence-corrected chi connectivity index (χ2v) is 4.80. The van der Waals surface area contributed by atoms with E-state index in [1.54, 1.807) is 0 Å². The number of hydrogen-bond donors (Lipinski definition) is 1. The smallest absolute Gasteiger partial charge is 0.0323 e. The Hall–Kier alpha value is -0.860. The Kier molecular flexibility index (Phi) is 3.62. The van der Waals surface area contributed by atoms with E-state index in [4.69, 9.17) is 0 Å². The first-order valence-corrected chi connectivity index (χ1v) is 6.19. The SMILES string of the molecule is CNC1CCN(C(C)c2ccccc2C)C1. The monoisotopic (exact) mass is 218 g/mol. The number of likely N-dealkylation sites (tertiary alicyclic amines) is 1. The van der Waals surface area contributed by atoms with E-state index in [9.17, 15) is 0 Å². The topological polar surface area (TPSA) is 15.3 Å². The zero-order valence-corrected chi connectivity index (χ0v) is 10.5.